The molecule has 6 heteroatoms. The summed E-state index contributed by atoms with van der Waals surface area (Å²) in [6.45, 7) is 1.35. The highest BCUT2D eigenvalue weighted by Gasteiger charge is 2.18. The van der Waals surface area contributed by atoms with Crippen molar-refractivity contribution in [3.8, 4) is 0 Å². The second-order valence-electron chi connectivity index (χ2n) is 5.29. The molecular weight excluding hydrogens is 319 g/mol. The lowest BCUT2D eigenvalue weighted by Gasteiger charge is -2.16. The van der Waals surface area contributed by atoms with Gasteiger partial charge in [-0.05, 0) is 36.3 Å². The number of hydrogen-bond donors (Lipinski definition) is 2. The van der Waals surface area contributed by atoms with Gasteiger partial charge >= 0.3 is 0 Å². The van der Waals surface area contributed by atoms with Gasteiger partial charge in [0.2, 0.25) is 5.91 Å². The van der Waals surface area contributed by atoms with Crippen molar-refractivity contribution in [1.29, 1.82) is 0 Å². The Labute approximate surface area is 137 Å². The summed E-state index contributed by atoms with van der Waals surface area (Å²) in [6.07, 6.45) is 2.80. The topological polar surface area (TPSA) is 49.3 Å². The van der Waals surface area contributed by atoms with Crippen LogP contribution in [-0.2, 0) is 4.79 Å². The Balaban J connectivity index is 2.09. The first-order valence-electron chi connectivity index (χ1n) is 7.21. The number of benzene rings is 2. The molecule has 2 N–H and O–H groups in total. The van der Waals surface area contributed by atoms with Crippen molar-refractivity contribution in [2.24, 2.45) is 0 Å². The number of aryl methyl sites for hydroxylation is 1. The van der Waals surface area contributed by atoms with E-state index in [-0.39, 0.29) is 5.56 Å². The Morgan fingerprint density at radius 2 is 1.75 bits per heavy atom. The van der Waals surface area contributed by atoms with Crippen LogP contribution in [0.25, 0.3) is 6.08 Å². The molecule has 1 unspecified atom stereocenters. The summed E-state index contributed by atoms with van der Waals surface area (Å²) in [7, 11) is 0. The minimum Gasteiger partial charge on any atom is -0.394 e. The number of carbonyl (C=O) groups is 1. The Kier molecular flexibility index (Phi) is 5.76. The molecule has 0 aliphatic carbocycles. The minimum absolute atomic E-state index is 0.0639. The molecule has 0 aliphatic rings. The van der Waals surface area contributed by atoms with Gasteiger partial charge < -0.3 is 10.4 Å². The molecular formula is C18H16F3NO2. The summed E-state index contributed by atoms with van der Waals surface area (Å²) >= 11 is 0. The molecule has 2 aromatic rings. The van der Waals surface area contributed by atoms with Crippen LogP contribution in [0, 0.1) is 24.4 Å². The van der Waals surface area contributed by atoms with Crippen LogP contribution in [-0.4, -0.2) is 17.6 Å². The smallest absolute Gasteiger partial charge is 0.244 e. The van der Waals surface area contributed by atoms with Crippen LogP contribution in [0.2, 0.25) is 0 Å². The van der Waals surface area contributed by atoms with Crippen LogP contribution < -0.4 is 5.32 Å². The van der Waals surface area contributed by atoms with Crippen LogP contribution in [0.3, 0.4) is 0 Å². The third-order valence-corrected chi connectivity index (χ3v) is 3.41. The molecule has 2 aromatic carbocycles. The SMILES string of the molecule is Cc1ccc(/C=C/C(=O)NC(CO)c2cc(F)c(F)c(F)c2)cc1. The highest BCUT2D eigenvalue weighted by molar-refractivity contribution is 5.92. The van der Waals surface area contributed by atoms with Gasteiger partial charge in [0.05, 0.1) is 12.6 Å². The summed E-state index contributed by atoms with van der Waals surface area (Å²) in [5, 5.41) is 11.7. The molecule has 0 saturated heterocycles. The van der Waals surface area contributed by atoms with Crippen molar-refractivity contribution in [2.75, 3.05) is 6.61 Å². The normalized spacial score (nSPS) is 12.4. The average Bonchev–Trinajstić information content (AvgIpc) is 2.56. The molecule has 24 heavy (non-hydrogen) atoms. The number of aliphatic hydroxyl groups is 1. The molecule has 0 aromatic heterocycles. The van der Waals surface area contributed by atoms with Crippen molar-refractivity contribution in [3.05, 3.63) is 76.6 Å². The van der Waals surface area contributed by atoms with Crippen LogP contribution in [0.5, 0.6) is 0 Å². The molecule has 0 spiro atoms. The third-order valence-electron chi connectivity index (χ3n) is 3.41. The van der Waals surface area contributed by atoms with Crippen LogP contribution in [0.4, 0.5) is 13.2 Å². The molecule has 0 fully saturated rings. The van der Waals surface area contributed by atoms with Gasteiger partial charge in [-0.3, -0.25) is 4.79 Å². The lowest BCUT2D eigenvalue weighted by Crippen LogP contribution is -2.29. The predicted octanol–water partition coefficient (Wildman–Crippen LogP) is 3.28. The van der Waals surface area contributed by atoms with Crippen molar-refractivity contribution in [3.63, 3.8) is 0 Å². The van der Waals surface area contributed by atoms with E-state index in [0.717, 1.165) is 23.3 Å². The molecule has 0 saturated carbocycles. The Morgan fingerprint density at radius 1 is 1.17 bits per heavy atom. The zero-order valence-corrected chi connectivity index (χ0v) is 12.9. The average molecular weight is 335 g/mol. The quantitative estimate of drug-likeness (QED) is 0.651. The fourth-order valence-corrected chi connectivity index (χ4v) is 2.08. The summed E-state index contributed by atoms with van der Waals surface area (Å²) in [4.78, 5) is 11.9. The van der Waals surface area contributed by atoms with E-state index in [1.807, 2.05) is 31.2 Å². The van der Waals surface area contributed by atoms with Crippen molar-refractivity contribution < 1.29 is 23.1 Å². The van der Waals surface area contributed by atoms with Crippen LogP contribution in [0.1, 0.15) is 22.7 Å². The summed E-state index contributed by atoms with van der Waals surface area (Å²) in [5.74, 6) is -4.92. The van der Waals surface area contributed by atoms with E-state index in [0.29, 0.717) is 0 Å². The molecule has 2 rings (SSSR count). The Hall–Kier alpha value is -2.60. The van der Waals surface area contributed by atoms with E-state index in [1.165, 1.54) is 6.08 Å². The third kappa shape index (κ3) is 4.45. The highest BCUT2D eigenvalue weighted by Crippen LogP contribution is 2.19. The first kappa shape index (κ1) is 17.7. The van der Waals surface area contributed by atoms with E-state index < -0.39 is 36.0 Å². The van der Waals surface area contributed by atoms with E-state index in [1.54, 1.807) is 6.08 Å². The zero-order chi connectivity index (χ0) is 17.7. The molecule has 1 amide bonds. The fraction of sp³-hybridized carbons (Fsp3) is 0.167. The van der Waals surface area contributed by atoms with E-state index in [2.05, 4.69) is 5.32 Å². The van der Waals surface area contributed by atoms with Crippen molar-refractivity contribution in [2.45, 2.75) is 13.0 Å². The van der Waals surface area contributed by atoms with Gasteiger partial charge in [-0.15, -0.1) is 0 Å². The minimum atomic E-state index is -1.60. The second-order valence-corrected chi connectivity index (χ2v) is 5.29. The number of amides is 1. The van der Waals surface area contributed by atoms with Crippen molar-refractivity contribution >= 4 is 12.0 Å². The Morgan fingerprint density at radius 3 is 2.29 bits per heavy atom. The Bertz CT molecular complexity index is 734. The first-order chi connectivity index (χ1) is 11.4. The van der Waals surface area contributed by atoms with Gasteiger partial charge in [-0.2, -0.15) is 0 Å². The fourth-order valence-electron chi connectivity index (χ4n) is 2.08. The zero-order valence-electron chi connectivity index (χ0n) is 12.9. The maximum Gasteiger partial charge on any atom is 0.244 e. The maximum atomic E-state index is 13.3. The molecule has 0 bridgehead atoms. The van der Waals surface area contributed by atoms with Gasteiger partial charge in [0.15, 0.2) is 17.5 Å². The number of rotatable bonds is 5. The molecule has 0 heterocycles. The standard InChI is InChI=1S/C18H16F3NO2/c1-11-2-4-12(5-3-11)6-7-17(24)22-16(10-23)13-8-14(19)18(21)15(20)9-13/h2-9,16,23H,10H2,1H3,(H,22,24)/b7-6+. The first-order valence-corrected chi connectivity index (χ1v) is 7.21. The predicted molar refractivity (Wildman–Crippen MR) is 84.5 cm³/mol. The summed E-state index contributed by atoms with van der Waals surface area (Å²) in [6, 6.07) is 7.86. The van der Waals surface area contributed by atoms with Crippen LogP contribution in [0.15, 0.2) is 42.5 Å². The summed E-state index contributed by atoms with van der Waals surface area (Å²) < 4.78 is 39.5. The van der Waals surface area contributed by atoms with E-state index in [4.69, 9.17) is 0 Å². The number of nitrogens with one attached hydrogen (secondary N) is 1. The summed E-state index contributed by atoms with van der Waals surface area (Å²) in [5.41, 5.74) is 1.82. The lowest BCUT2D eigenvalue weighted by atomic mass is 10.1. The van der Waals surface area contributed by atoms with Gasteiger partial charge in [-0.1, -0.05) is 29.8 Å². The monoisotopic (exact) mass is 335 g/mol. The molecule has 0 aliphatic heterocycles. The van der Waals surface area contributed by atoms with Crippen molar-refractivity contribution in [1.82, 2.24) is 5.32 Å². The second kappa shape index (κ2) is 7.79. The number of carbonyl (C=O) groups excluding carboxylic acids is 1. The molecule has 1 atom stereocenters. The maximum absolute atomic E-state index is 13.3. The highest BCUT2D eigenvalue weighted by atomic mass is 19.2. The van der Waals surface area contributed by atoms with Gasteiger partial charge in [0.1, 0.15) is 0 Å². The molecule has 3 nitrogen and oxygen atoms in total. The van der Waals surface area contributed by atoms with Gasteiger partial charge in [0.25, 0.3) is 0 Å². The number of hydrogen-bond acceptors (Lipinski definition) is 2. The number of aliphatic hydroxyl groups excluding tert-OH is 1. The molecule has 0 radical (unpaired) electrons. The molecule has 126 valence electrons. The van der Waals surface area contributed by atoms with Gasteiger partial charge in [-0.25, -0.2) is 13.2 Å². The number of halogens is 3. The van der Waals surface area contributed by atoms with Gasteiger partial charge in [0, 0.05) is 6.08 Å². The van der Waals surface area contributed by atoms with E-state index in [9.17, 15) is 23.1 Å². The lowest BCUT2D eigenvalue weighted by molar-refractivity contribution is -0.117. The largest absolute Gasteiger partial charge is 0.394 e. The van der Waals surface area contributed by atoms with Crippen LogP contribution >= 0.6 is 0 Å². The van der Waals surface area contributed by atoms with E-state index >= 15 is 0 Å².